The van der Waals surface area contributed by atoms with E-state index in [9.17, 15) is 0 Å². The lowest BCUT2D eigenvalue weighted by molar-refractivity contribution is 0.409. The van der Waals surface area contributed by atoms with Gasteiger partial charge in [-0.15, -0.1) is 0 Å². The van der Waals surface area contributed by atoms with E-state index >= 15 is 0 Å². The number of nitrogens with one attached hydrogen (secondary N) is 1. The molecule has 1 aromatic rings. The van der Waals surface area contributed by atoms with Gasteiger partial charge in [0, 0.05) is 50.0 Å². The van der Waals surface area contributed by atoms with Crippen LogP contribution in [0, 0.1) is 0 Å². The van der Waals surface area contributed by atoms with Crippen molar-refractivity contribution in [2.45, 2.75) is 6.54 Å². The van der Waals surface area contributed by atoms with E-state index in [1.54, 1.807) is 7.11 Å². The first kappa shape index (κ1) is 11.2. The number of piperazine rings is 1. The zero-order chi connectivity index (χ0) is 11.4. The van der Waals surface area contributed by atoms with Gasteiger partial charge in [0.25, 0.3) is 0 Å². The summed E-state index contributed by atoms with van der Waals surface area (Å²) in [6.07, 6.45) is 0. The predicted octanol–water partition coefficient (Wildman–Crippen LogP) is 0.563. The van der Waals surface area contributed by atoms with Crippen molar-refractivity contribution in [1.82, 2.24) is 5.32 Å². The predicted molar refractivity (Wildman–Crippen MR) is 66.0 cm³/mol. The third kappa shape index (κ3) is 2.28. The lowest BCUT2D eigenvalue weighted by atomic mass is 10.1. The molecule has 0 aromatic heterocycles. The minimum Gasteiger partial charge on any atom is -0.496 e. The summed E-state index contributed by atoms with van der Waals surface area (Å²) in [6, 6.07) is 6.25. The molecule has 0 bridgehead atoms. The van der Waals surface area contributed by atoms with Crippen molar-refractivity contribution < 1.29 is 4.74 Å². The fourth-order valence-electron chi connectivity index (χ4n) is 2.02. The van der Waals surface area contributed by atoms with Gasteiger partial charge >= 0.3 is 0 Å². The van der Waals surface area contributed by atoms with Gasteiger partial charge in [0.05, 0.1) is 7.11 Å². The van der Waals surface area contributed by atoms with Crippen LogP contribution in [0.5, 0.6) is 5.75 Å². The van der Waals surface area contributed by atoms with Crippen LogP contribution in [0.25, 0.3) is 0 Å². The minimum atomic E-state index is 0.519. The normalized spacial score (nSPS) is 16.2. The van der Waals surface area contributed by atoms with Gasteiger partial charge in [0.15, 0.2) is 0 Å². The molecule has 4 nitrogen and oxygen atoms in total. The minimum absolute atomic E-state index is 0.519. The summed E-state index contributed by atoms with van der Waals surface area (Å²) >= 11 is 0. The quantitative estimate of drug-likeness (QED) is 0.783. The van der Waals surface area contributed by atoms with Crippen LogP contribution >= 0.6 is 0 Å². The molecule has 1 aliphatic rings. The largest absolute Gasteiger partial charge is 0.496 e. The SMILES string of the molecule is COc1cc(N2CCNCC2)ccc1CN. The third-order valence-electron chi connectivity index (χ3n) is 2.97. The maximum atomic E-state index is 5.65. The molecule has 0 radical (unpaired) electrons. The monoisotopic (exact) mass is 221 g/mol. The Morgan fingerprint density at radius 3 is 2.75 bits per heavy atom. The molecule has 2 rings (SSSR count). The zero-order valence-electron chi connectivity index (χ0n) is 9.70. The Balaban J connectivity index is 2.20. The van der Waals surface area contributed by atoms with E-state index in [0.717, 1.165) is 37.5 Å². The third-order valence-corrected chi connectivity index (χ3v) is 2.97. The molecule has 0 saturated carbocycles. The van der Waals surface area contributed by atoms with E-state index in [4.69, 9.17) is 10.5 Å². The van der Waals surface area contributed by atoms with Gasteiger partial charge in [-0.1, -0.05) is 6.07 Å². The molecule has 16 heavy (non-hydrogen) atoms. The second-order valence-corrected chi connectivity index (χ2v) is 3.94. The van der Waals surface area contributed by atoms with Gasteiger partial charge in [-0.3, -0.25) is 0 Å². The summed E-state index contributed by atoms with van der Waals surface area (Å²) in [5, 5.41) is 3.34. The average molecular weight is 221 g/mol. The van der Waals surface area contributed by atoms with E-state index in [0.29, 0.717) is 6.54 Å². The van der Waals surface area contributed by atoms with Crippen molar-refractivity contribution in [3.05, 3.63) is 23.8 Å². The Labute approximate surface area is 96.4 Å². The van der Waals surface area contributed by atoms with Gasteiger partial charge in [-0.25, -0.2) is 0 Å². The summed E-state index contributed by atoms with van der Waals surface area (Å²) in [6.45, 7) is 4.70. The first-order chi connectivity index (χ1) is 7.85. The van der Waals surface area contributed by atoms with Crippen LogP contribution in [0.1, 0.15) is 5.56 Å². The van der Waals surface area contributed by atoms with Gasteiger partial charge in [0.2, 0.25) is 0 Å². The Morgan fingerprint density at radius 2 is 2.12 bits per heavy atom. The lowest BCUT2D eigenvalue weighted by Crippen LogP contribution is -2.43. The number of hydrogen-bond acceptors (Lipinski definition) is 4. The number of hydrogen-bond donors (Lipinski definition) is 2. The first-order valence-corrected chi connectivity index (χ1v) is 5.68. The summed E-state index contributed by atoms with van der Waals surface area (Å²) in [7, 11) is 1.69. The van der Waals surface area contributed by atoms with Gasteiger partial charge < -0.3 is 20.7 Å². The molecular formula is C12H19N3O. The number of anilines is 1. The highest BCUT2D eigenvalue weighted by Crippen LogP contribution is 2.25. The number of ether oxygens (including phenoxy) is 1. The van der Waals surface area contributed by atoms with Crippen LogP contribution in [-0.2, 0) is 6.54 Å². The molecule has 0 unspecified atom stereocenters. The molecule has 1 heterocycles. The zero-order valence-corrected chi connectivity index (χ0v) is 9.70. The van der Waals surface area contributed by atoms with Crippen molar-refractivity contribution in [3.63, 3.8) is 0 Å². The smallest absolute Gasteiger partial charge is 0.125 e. The molecule has 1 fully saturated rings. The topological polar surface area (TPSA) is 50.5 Å². The van der Waals surface area contributed by atoms with Crippen LogP contribution in [0.3, 0.4) is 0 Å². The van der Waals surface area contributed by atoms with E-state index in [-0.39, 0.29) is 0 Å². The first-order valence-electron chi connectivity index (χ1n) is 5.68. The second kappa shape index (κ2) is 5.18. The van der Waals surface area contributed by atoms with E-state index in [1.165, 1.54) is 5.69 Å². The lowest BCUT2D eigenvalue weighted by Gasteiger charge is -2.29. The molecule has 1 aliphatic heterocycles. The molecule has 1 saturated heterocycles. The number of methoxy groups -OCH3 is 1. The van der Waals surface area contributed by atoms with Crippen molar-refractivity contribution in [2.24, 2.45) is 5.73 Å². The average Bonchev–Trinajstić information content (AvgIpc) is 2.39. The molecule has 1 aromatic carbocycles. The maximum Gasteiger partial charge on any atom is 0.125 e. The molecule has 88 valence electrons. The molecular weight excluding hydrogens is 202 g/mol. The highest BCUT2D eigenvalue weighted by Gasteiger charge is 2.12. The Hall–Kier alpha value is -1.26. The van der Waals surface area contributed by atoms with Crippen molar-refractivity contribution >= 4 is 5.69 Å². The van der Waals surface area contributed by atoms with E-state index in [2.05, 4.69) is 28.4 Å². The molecule has 0 spiro atoms. The Bertz CT molecular complexity index is 348. The van der Waals surface area contributed by atoms with Gasteiger partial charge in [-0.2, -0.15) is 0 Å². The summed E-state index contributed by atoms with van der Waals surface area (Å²) < 4.78 is 5.35. The molecule has 4 heteroatoms. The van der Waals surface area contributed by atoms with Crippen molar-refractivity contribution in [3.8, 4) is 5.75 Å². The van der Waals surface area contributed by atoms with Gasteiger partial charge in [0.1, 0.15) is 5.75 Å². The second-order valence-electron chi connectivity index (χ2n) is 3.94. The molecule has 3 N–H and O–H groups in total. The number of benzene rings is 1. The van der Waals surface area contributed by atoms with E-state index in [1.807, 2.05) is 0 Å². The highest BCUT2D eigenvalue weighted by atomic mass is 16.5. The van der Waals surface area contributed by atoms with Crippen LogP contribution in [0.15, 0.2) is 18.2 Å². The van der Waals surface area contributed by atoms with Crippen LogP contribution in [-0.4, -0.2) is 33.3 Å². The summed E-state index contributed by atoms with van der Waals surface area (Å²) in [4.78, 5) is 2.36. The van der Waals surface area contributed by atoms with E-state index < -0.39 is 0 Å². The fraction of sp³-hybridized carbons (Fsp3) is 0.500. The number of nitrogens with zero attached hydrogens (tertiary/aromatic N) is 1. The number of nitrogens with two attached hydrogens (primary N) is 1. The van der Waals surface area contributed by atoms with Crippen LogP contribution in [0.2, 0.25) is 0 Å². The van der Waals surface area contributed by atoms with Crippen LogP contribution in [0.4, 0.5) is 5.69 Å². The molecule has 0 aliphatic carbocycles. The highest BCUT2D eigenvalue weighted by molar-refractivity contribution is 5.54. The fourth-order valence-corrected chi connectivity index (χ4v) is 2.02. The summed E-state index contributed by atoms with van der Waals surface area (Å²) in [5.74, 6) is 0.888. The van der Waals surface area contributed by atoms with Gasteiger partial charge in [-0.05, 0) is 6.07 Å². The van der Waals surface area contributed by atoms with Crippen molar-refractivity contribution in [2.75, 3.05) is 38.2 Å². The van der Waals surface area contributed by atoms with Crippen LogP contribution < -0.4 is 20.7 Å². The number of rotatable bonds is 3. The maximum absolute atomic E-state index is 5.65. The standard InChI is InChI=1S/C12H19N3O/c1-16-12-8-11(3-2-10(12)9-13)15-6-4-14-5-7-15/h2-3,8,14H,4-7,9,13H2,1H3. The Kier molecular flexibility index (Phi) is 3.64. The molecule has 0 amide bonds. The Morgan fingerprint density at radius 1 is 1.38 bits per heavy atom. The summed E-state index contributed by atoms with van der Waals surface area (Å²) in [5.41, 5.74) is 7.93. The van der Waals surface area contributed by atoms with Crippen molar-refractivity contribution in [1.29, 1.82) is 0 Å². The molecule has 0 atom stereocenters.